The molecule has 0 spiro atoms. The molecule has 2 unspecified atom stereocenters. The zero-order valence-corrected chi connectivity index (χ0v) is 20.1. The summed E-state index contributed by atoms with van der Waals surface area (Å²) >= 11 is 0. The molecule has 0 aliphatic carbocycles. The normalized spacial score (nSPS) is 16.6. The molecule has 0 radical (unpaired) electrons. The first-order valence-electron chi connectivity index (χ1n) is 11.3. The molecule has 2 atom stereocenters. The maximum Gasteiger partial charge on any atom is 0.416 e. The summed E-state index contributed by atoms with van der Waals surface area (Å²) in [5.74, 6) is -6.54. The summed E-state index contributed by atoms with van der Waals surface area (Å²) in [6, 6.07) is 7.82. The van der Waals surface area contributed by atoms with Gasteiger partial charge in [-0.15, -0.1) is 0 Å². The molecule has 206 valence electrons. The van der Waals surface area contributed by atoms with E-state index in [9.17, 15) is 41.0 Å². The number of rotatable bonds is 6. The Morgan fingerprint density at radius 2 is 1.39 bits per heavy atom. The van der Waals surface area contributed by atoms with Gasteiger partial charge in [0.25, 0.3) is 0 Å². The van der Waals surface area contributed by atoms with E-state index in [-0.39, 0.29) is 43.8 Å². The third-order valence-corrected chi connectivity index (χ3v) is 6.33. The number of aliphatic carboxylic acids is 1. The van der Waals surface area contributed by atoms with Crippen LogP contribution >= 0.6 is 0 Å². The highest BCUT2D eigenvalue weighted by Gasteiger charge is 2.43. The van der Waals surface area contributed by atoms with Crippen molar-refractivity contribution in [2.75, 3.05) is 33.2 Å². The van der Waals surface area contributed by atoms with Crippen LogP contribution in [-0.4, -0.2) is 71.1 Å². The topological polar surface area (TPSA) is 114 Å². The molecule has 2 aromatic rings. The van der Waals surface area contributed by atoms with Crippen LogP contribution in [0.15, 0.2) is 48.5 Å². The van der Waals surface area contributed by atoms with E-state index < -0.39 is 52.8 Å². The van der Waals surface area contributed by atoms with Crippen molar-refractivity contribution >= 4 is 17.8 Å². The highest BCUT2D eigenvalue weighted by Crippen LogP contribution is 2.42. The molecular weight excluding hydrogens is 520 g/mol. The van der Waals surface area contributed by atoms with Crippen molar-refractivity contribution in [2.24, 2.45) is 5.73 Å². The van der Waals surface area contributed by atoms with E-state index >= 15 is 0 Å². The van der Waals surface area contributed by atoms with Crippen LogP contribution in [0.1, 0.15) is 34.1 Å². The predicted octanol–water partition coefficient (Wildman–Crippen LogP) is 3.56. The first kappa shape index (κ1) is 28.8. The minimum absolute atomic E-state index is 0.0270. The number of carbonyl (C=O) groups is 2. The Morgan fingerprint density at radius 1 is 0.895 bits per heavy atom. The zero-order valence-electron chi connectivity index (χ0n) is 20.1. The summed E-state index contributed by atoms with van der Waals surface area (Å²) < 4.78 is 81.7. The lowest BCUT2D eigenvalue weighted by atomic mass is 9.79. The van der Waals surface area contributed by atoms with Crippen LogP contribution < -0.4 is 5.73 Å². The van der Waals surface area contributed by atoms with E-state index in [4.69, 9.17) is 11.1 Å². The molecule has 1 saturated heterocycles. The molecule has 14 heteroatoms. The van der Waals surface area contributed by atoms with Crippen LogP contribution in [0.4, 0.5) is 26.3 Å². The number of nitrogens with one attached hydrogen (secondary N) is 1. The largest absolute Gasteiger partial charge is 0.481 e. The standard InChI is InChI=1S/C24H25F6N5O3/c1-33(35-9-7-34(8-10-35)22(31)32)20(36)18(19(21(37)38)14-5-3-2-4-6-14)15-11-16(23(25,26)27)13-17(12-15)24(28,29)30/h2-6,11-13,18-19H,7-10H2,1H3,(H3,31,32)(H,37,38). The molecule has 3 rings (SSSR count). The fourth-order valence-electron chi connectivity index (χ4n) is 4.35. The van der Waals surface area contributed by atoms with Gasteiger partial charge in [0.05, 0.1) is 23.0 Å². The van der Waals surface area contributed by atoms with Crippen LogP contribution in [0.25, 0.3) is 0 Å². The monoisotopic (exact) mass is 545 g/mol. The third kappa shape index (κ3) is 6.36. The van der Waals surface area contributed by atoms with Gasteiger partial charge in [-0.3, -0.25) is 20.0 Å². The van der Waals surface area contributed by atoms with Crippen LogP contribution in [0.5, 0.6) is 0 Å². The summed E-state index contributed by atoms with van der Waals surface area (Å²) in [4.78, 5) is 27.7. The molecular formula is C24H25F6N5O3. The van der Waals surface area contributed by atoms with Crippen LogP contribution in [0.3, 0.4) is 0 Å². The Hall–Kier alpha value is -3.81. The fraction of sp³-hybridized carbons (Fsp3) is 0.375. The molecule has 2 aromatic carbocycles. The molecule has 1 aliphatic heterocycles. The van der Waals surface area contributed by atoms with Crippen LogP contribution in [-0.2, 0) is 21.9 Å². The average molecular weight is 545 g/mol. The van der Waals surface area contributed by atoms with Gasteiger partial charge in [-0.05, 0) is 29.3 Å². The second-order valence-corrected chi connectivity index (χ2v) is 8.73. The quantitative estimate of drug-likeness (QED) is 0.291. The number of amides is 1. The summed E-state index contributed by atoms with van der Waals surface area (Å²) in [6.07, 6.45) is -10.4. The second-order valence-electron chi connectivity index (χ2n) is 8.73. The molecule has 0 aromatic heterocycles. The lowest BCUT2D eigenvalue weighted by Crippen LogP contribution is -2.57. The SMILES string of the molecule is CN(C(=O)C(c1cc(C(F)(F)F)cc(C(F)(F)F)c1)C(C(=O)O)c1ccccc1)N1CCN(C(=N)N)CC1. The Bertz CT molecular complexity index is 1150. The van der Waals surface area contributed by atoms with Gasteiger partial charge in [-0.2, -0.15) is 26.3 Å². The highest BCUT2D eigenvalue weighted by molar-refractivity contribution is 5.92. The van der Waals surface area contributed by atoms with E-state index in [2.05, 4.69) is 0 Å². The van der Waals surface area contributed by atoms with Gasteiger partial charge in [0.1, 0.15) is 0 Å². The Balaban J connectivity index is 2.16. The summed E-state index contributed by atoms with van der Waals surface area (Å²) in [5, 5.41) is 20.1. The first-order chi connectivity index (χ1) is 17.6. The number of alkyl halides is 6. The van der Waals surface area contributed by atoms with Gasteiger partial charge in [0.15, 0.2) is 5.96 Å². The predicted molar refractivity (Wildman–Crippen MR) is 124 cm³/mol. The smallest absolute Gasteiger partial charge is 0.416 e. The fourth-order valence-corrected chi connectivity index (χ4v) is 4.35. The van der Waals surface area contributed by atoms with E-state index in [0.29, 0.717) is 12.1 Å². The number of hydrogen-bond acceptors (Lipinski definition) is 4. The van der Waals surface area contributed by atoms with Crippen molar-refractivity contribution in [1.29, 1.82) is 5.41 Å². The van der Waals surface area contributed by atoms with E-state index in [1.807, 2.05) is 0 Å². The van der Waals surface area contributed by atoms with Gasteiger partial charge < -0.3 is 15.7 Å². The number of likely N-dealkylation sites (N-methyl/N-ethyl adjacent to an activating group) is 1. The average Bonchev–Trinajstić information content (AvgIpc) is 2.85. The van der Waals surface area contributed by atoms with Crippen LogP contribution in [0, 0.1) is 5.41 Å². The van der Waals surface area contributed by atoms with Gasteiger partial charge in [0, 0.05) is 33.2 Å². The Morgan fingerprint density at radius 3 is 1.82 bits per heavy atom. The summed E-state index contributed by atoms with van der Waals surface area (Å²) in [6.45, 7) is 0.739. The van der Waals surface area contributed by atoms with Gasteiger partial charge >= 0.3 is 18.3 Å². The van der Waals surface area contributed by atoms with Gasteiger partial charge in [0.2, 0.25) is 5.91 Å². The van der Waals surface area contributed by atoms with Crippen molar-refractivity contribution in [3.05, 3.63) is 70.8 Å². The molecule has 4 N–H and O–H groups in total. The number of guanidine groups is 1. The van der Waals surface area contributed by atoms with E-state index in [0.717, 1.165) is 5.01 Å². The van der Waals surface area contributed by atoms with Gasteiger partial charge in [-0.25, -0.2) is 5.01 Å². The summed E-state index contributed by atoms with van der Waals surface area (Å²) in [7, 11) is 1.26. The number of carboxylic acids is 1. The van der Waals surface area contributed by atoms with E-state index in [1.54, 1.807) is 6.07 Å². The molecule has 1 aliphatic rings. The number of halogens is 6. The highest BCUT2D eigenvalue weighted by atomic mass is 19.4. The molecule has 1 amide bonds. The van der Waals surface area contributed by atoms with Crippen molar-refractivity contribution in [3.63, 3.8) is 0 Å². The Kier molecular flexibility index (Phi) is 8.24. The maximum atomic E-state index is 13.8. The lowest BCUT2D eigenvalue weighted by Gasteiger charge is -2.41. The van der Waals surface area contributed by atoms with Crippen molar-refractivity contribution in [2.45, 2.75) is 24.2 Å². The first-order valence-corrected chi connectivity index (χ1v) is 11.3. The number of nitrogens with zero attached hydrogens (tertiary/aromatic N) is 3. The maximum absolute atomic E-state index is 13.8. The molecule has 0 bridgehead atoms. The summed E-state index contributed by atoms with van der Waals surface area (Å²) in [5.41, 5.74) is 1.45. The van der Waals surface area contributed by atoms with E-state index in [1.165, 1.54) is 41.2 Å². The minimum Gasteiger partial charge on any atom is -0.481 e. The van der Waals surface area contributed by atoms with Crippen molar-refractivity contribution in [3.8, 4) is 0 Å². The number of carbonyl (C=O) groups excluding carboxylic acids is 1. The molecule has 8 nitrogen and oxygen atoms in total. The zero-order chi connectivity index (χ0) is 28.4. The number of piperazine rings is 1. The van der Waals surface area contributed by atoms with Crippen molar-refractivity contribution in [1.82, 2.24) is 14.9 Å². The number of nitrogens with two attached hydrogens (primary N) is 1. The number of benzene rings is 2. The minimum atomic E-state index is -5.19. The second kappa shape index (κ2) is 10.9. The molecule has 1 heterocycles. The molecule has 38 heavy (non-hydrogen) atoms. The number of carboxylic acid groups (broad SMARTS) is 1. The van der Waals surface area contributed by atoms with Gasteiger partial charge in [-0.1, -0.05) is 30.3 Å². The molecule has 1 fully saturated rings. The van der Waals surface area contributed by atoms with Crippen LogP contribution in [0.2, 0.25) is 0 Å². The number of hydrazine groups is 1. The third-order valence-electron chi connectivity index (χ3n) is 6.33. The van der Waals surface area contributed by atoms with Crippen molar-refractivity contribution < 1.29 is 41.0 Å². The number of hydrogen-bond donors (Lipinski definition) is 3. The Labute approximate surface area is 213 Å². The lowest BCUT2D eigenvalue weighted by molar-refractivity contribution is -0.154. The molecule has 0 saturated carbocycles.